The van der Waals surface area contributed by atoms with Crippen LogP contribution in [0.15, 0.2) is 24.5 Å². The Morgan fingerprint density at radius 1 is 1.20 bits per heavy atom. The van der Waals surface area contributed by atoms with Gasteiger partial charge in [0.25, 0.3) is 11.8 Å². The highest BCUT2D eigenvalue weighted by Crippen LogP contribution is 2.38. The highest BCUT2D eigenvalue weighted by molar-refractivity contribution is 7.17. The quantitative estimate of drug-likeness (QED) is 0.692. The zero-order chi connectivity index (χ0) is 17.6. The number of nitrogens with zero attached hydrogens (tertiary/aromatic N) is 1. The van der Waals surface area contributed by atoms with Crippen molar-refractivity contribution < 1.29 is 9.59 Å². The first kappa shape index (κ1) is 17.6. The number of hydrogen-bond donors (Lipinski definition) is 3. The SMILES string of the molecule is CNCCNC(=O)c1c(NC(=O)c2cccnc2)sc2c1CCCC2. The minimum atomic E-state index is -0.240. The fourth-order valence-electron chi connectivity index (χ4n) is 2.96. The van der Waals surface area contributed by atoms with E-state index >= 15 is 0 Å². The summed E-state index contributed by atoms with van der Waals surface area (Å²) in [5, 5.41) is 9.50. The van der Waals surface area contributed by atoms with Gasteiger partial charge in [-0.1, -0.05) is 0 Å². The largest absolute Gasteiger partial charge is 0.351 e. The van der Waals surface area contributed by atoms with Crippen molar-refractivity contribution >= 4 is 28.2 Å². The molecule has 6 nitrogen and oxygen atoms in total. The van der Waals surface area contributed by atoms with Crippen LogP contribution in [-0.4, -0.2) is 36.9 Å². The molecule has 0 aliphatic heterocycles. The topological polar surface area (TPSA) is 83.1 Å². The second-order valence-electron chi connectivity index (χ2n) is 5.97. The van der Waals surface area contributed by atoms with E-state index in [1.54, 1.807) is 18.3 Å². The number of pyridine rings is 1. The molecule has 0 fully saturated rings. The lowest BCUT2D eigenvalue weighted by Gasteiger charge is -2.13. The lowest BCUT2D eigenvalue weighted by atomic mass is 9.95. The van der Waals surface area contributed by atoms with Crippen molar-refractivity contribution in [2.75, 3.05) is 25.5 Å². The maximum Gasteiger partial charge on any atom is 0.257 e. The summed E-state index contributed by atoms with van der Waals surface area (Å²) in [6.45, 7) is 1.26. The molecular weight excluding hydrogens is 336 g/mol. The summed E-state index contributed by atoms with van der Waals surface area (Å²) in [6, 6.07) is 3.43. The molecule has 0 saturated carbocycles. The van der Waals surface area contributed by atoms with E-state index in [4.69, 9.17) is 0 Å². The molecule has 0 aromatic carbocycles. The van der Waals surface area contributed by atoms with Crippen LogP contribution in [0, 0.1) is 0 Å². The van der Waals surface area contributed by atoms with Gasteiger partial charge in [-0.15, -0.1) is 11.3 Å². The molecule has 25 heavy (non-hydrogen) atoms. The third-order valence-electron chi connectivity index (χ3n) is 4.21. The summed E-state index contributed by atoms with van der Waals surface area (Å²) in [5.41, 5.74) is 2.21. The first-order valence-electron chi connectivity index (χ1n) is 8.49. The van der Waals surface area contributed by atoms with Gasteiger partial charge in [0, 0.05) is 30.4 Å². The van der Waals surface area contributed by atoms with E-state index in [1.807, 2.05) is 7.05 Å². The molecule has 0 radical (unpaired) electrons. The standard InChI is InChI=1S/C18H22N4O2S/c1-19-9-10-21-17(24)15-13-6-2-3-7-14(13)25-18(15)22-16(23)12-5-4-8-20-11-12/h4-5,8,11,19H,2-3,6-7,9-10H2,1H3,(H,21,24)(H,22,23). The Hall–Kier alpha value is -2.25. The Labute approximate surface area is 151 Å². The highest BCUT2D eigenvalue weighted by Gasteiger charge is 2.26. The second-order valence-corrected chi connectivity index (χ2v) is 7.08. The number of carbonyl (C=O) groups is 2. The number of nitrogens with one attached hydrogen (secondary N) is 3. The molecule has 0 unspecified atom stereocenters. The van der Waals surface area contributed by atoms with Crippen LogP contribution in [0.5, 0.6) is 0 Å². The van der Waals surface area contributed by atoms with Gasteiger partial charge in [0.05, 0.1) is 11.1 Å². The second kappa shape index (κ2) is 8.22. The van der Waals surface area contributed by atoms with Crippen LogP contribution >= 0.6 is 11.3 Å². The molecule has 2 heterocycles. The third kappa shape index (κ3) is 4.05. The van der Waals surface area contributed by atoms with Crippen molar-refractivity contribution in [3.8, 4) is 0 Å². The van der Waals surface area contributed by atoms with E-state index in [9.17, 15) is 9.59 Å². The summed E-state index contributed by atoms with van der Waals surface area (Å²) in [6.07, 6.45) is 7.22. The van der Waals surface area contributed by atoms with Crippen LogP contribution < -0.4 is 16.0 Å². The molecule has 132 valence electrons. The predicted octanol–water partition coefficient (Wildman–Crippen LogP) is 2.22. The van der Waals surface area contributed by atoms with Gasteiger partial charge in [-0.05, 0) is 50.4 Å². The first-order chi connectivity index (χ1) is 12.2. The maximum absolute atomic E-state index is 12.7. The van der Waals surface area contributed by atoms with Gasteiger partial charge in [0.2, 0.25) is 0 Å². The number of fused-ring (bicyclic) bond motifs is 1. The molecule has 0 bridgehead atoms. The van der Waals surface area contributed by atoms with Gasteiger partial charge < -0.3 is 16.0 Å². The molecule has 2 amide bonds. The predicted molar refractivity (Wildman–Crippen MR) is 99.4 cm³/mol. The smallest absolute Gasteiger partial charge is 0.257 e. The number of carbonyl (C=O) groups excluding carboxylic acids is 2. The van der Waals surface area contributed by atoms with Crippen molar-refractivity contribution in [1.29, 1.82) is 0 Å². The van der Waals surface area contributed by atoms with Gasteiger partial charge in [0.15, 0.2) is 0 Å². The van der Waals surface area contributed by atoms with Crippen LogP contribution in [0.25, 0.3) is 0 Å². The summed E-state index contributed by atoms with van der Waals surface area (Å²) in [7, 11) is 1.85. The number of aromatic nitrogens is 1. The molecular formula is C18H22N4O2S. The van der Waals surface area contributed by atoms with Gasteiger partial charge in [-0.25, -0.2) is 0 Å². The Kier molecular flexibility index (Phi) is 5.78. The summed E-state index contributed by atoms with van der Waals surface area (Å²) < 4.78 is 0. The molecule has 2 aromatic rings. The van der Waals surface area contributed by atoms with Gasteiger partial charge in [0.1, 0.15) is 5.00 Å². The summed E-state index contributed by atoms with van der Waals surface area (Å²) in [5.74, 6) is -0.355. The van der Waals surface area contributed by atoms with Gasteiger partial charge >= 0.3 is 0 Å². The normalized spacial score (nSPS) is 13.2. The molecule has 7 heteroatoms. The number of anilines is 1. The van der Waals surface area contributed by atoms with Crippen LogP contribution in [0.3, 0.4) is 0 Å². The monoisotopic (exact) mass is 358 g/mol. The third-order valence-corrected chi connectivity index (χ3v) is 5.42. The molecule has 3 rings (SSSR count). The fraction of sp³-hybridized carbons (Fsp3) is 0.389. The number of aryl methyl sites for hydroxylation is 1. The summed E-state index contributed by atoms with van der Waals surface area (Å²) in [4.78, 5) is 30.4. The van der Waals surface area contributed by atoms with Crippen LogP contribution in [0.2, 0.25) is 0 Å². The average molecular weight is 358 g/mol. The van der Waals surface area contributed by atoms with E-state index in [2.05, 4.69) is 20.9 Å². The van der Waals surface area contributed by atoms with E-state index < -0.39 is 0 Å². The summed E-state index contributed by atoms with van der Waals surface area (Å²) >= 11 is 1.52. The van der Waals surface area contributed by atoms with Crippen molar-refractivity contribution in [3.63, 3.8) is 0 Å². The number of rotatable bonds is 6. The minimum absolute atomic E-state index is 0.115. The highest BCUT2D eigenvalue weighted by atomic mass is 32.1. The maximum atomic E-state index is 12.7. The van der Waals surface area contributed by atoms with Crippen LogP contribution in [-0.2, 0) is 12.8 Å². The van der Waals surface area contributed by atoms with Crippen LogP contribution in [0.1, 0.15) is 44.0 Å². The molecule has 3 N–H and O–H groups in total. The lowest BCUT2D eigenvalue weighted by Crippen LogP contribution is -2.31. The van der Waals surface area contributed by atoms with Crippen molar-refractivity contribution in [1.82, 2.24) is 15.6 Å². The van der Waals surface area contributed by atoms with Gasteiger partial charge in [-0.3, -0.25) is 14.6 Å². The molecule has 2 aromatic heterocycles. The Bertz CT molecular complexity index is 758. The first-order valence-corrected chi connectivity index (χ1v) is 9.31. The van der Waals surface area contributed by atoms with Crippen LogP contribution in [0.4, 0.5) is 5.00 Å². The Morgan fingerprint density at radius 3 is 2.80 bits per heavy atom. The molecule has 1 aliphatic rings. The van der Waals surface area contributed by atoms with Gasteiger partial charge in [-0.2, -0.15) is 0 Å². The fourth-order valence-corrected chi connectivity index (χ4v) is 4.24. The van der Waals surface area contributed by atoms with E-state index in [1.165, 1.54) is 22.4 Å². The van der Waals surface area contributed by atoms with Crippen molar-refractivity contribution in [2.45, 2.75) is 25.7 Å². The van der Waals surface area contributed by atoms with Crippen molar-refractivity contribution in [2.24, 2.45) is 0 Å². The van der Waals surface area contributed by atoms with E-state index in [0.29, 0.717) is 29.2 Å². The van der Waals surface area contributed by atoms with E-state index in [0.717, 1.165) is 31.2 Å². The Balaban J connectivity index is 1.86. The number of amides is 2. The lowest BCUT2D eigenvalue weighted by molar-refractivity contribution is 0.0954. The molecule has 0 atom stereocenters. The Morgan fingerprint density at radius 2 is 2.04 bits per heavy atom. The number of likely N-dealkylation sites (N-methyl/N-ethyl adjacent to an activating group) is 1. The molecule has 1 aliphatic carbocycles. The van der Waals surface area contributed by atoms with E-state index in [-0.39, 0.29) is 11.8 Å². The molecule has 0 spiro atoms. The number of hydrogen-bond acceptors (Lipinski definition) is 5. The zero-order valence-corrected chi connectivity index (χ0v) is 15.0. The average Bonchev–Trinajstić information content (AvgIpc) is 3.00. The van der Waals surface area contributed by atoms with Crippen molar-refractivity contribution in [3.05, 3.63) is 46.1 Å². The molecule has 0 saturated heterocycles. The minimum Gasteiger partial charge on any atom is -0.351 e. The number of thiophene rings is 1. The zero-order valence-electron chi connectivity index (χ0n) is 14.2.